The molecular weight excluding hydrogens is 268 g/mol. The van der Waals surface area contributed by atoms with E-state index in [9.17, 15) is 9.59 Å². The van der Waals surface area contributed by atoms with Gasteiger partial charge in [0, 0.05) is 38.3 Å². The van der Waals surface area contributed by atoms with Crippen LogP contribution in [0.1, 0.15) is 25.3 Å². The number of hydrogen-bond donors (Lipinski definition) is 2. The Hall–Kier alpha value is -2.30. The van der Waals surface area contributed by atoms with E-state index in [1.807, 2.05) is 43.3 Å². The molecule has 1 amide bonds. The molecule has 2 N–H and O–H groups in total. The van der Waals surface area contributed by atoms with Crippen molar-refractivity contribution < 1.29 is 14.7 Å². The van der Waals surface area contributed by atoms with E-state index in [0.29, 0.717) is 6.42 Å². The predicted molar refractivity (Wildman–Crippen MR) is 84.3 cm³/mol. The minimum Gasteiger partial charge on any atom is -0.481 e. The summed E-state index contributed by atoms with van der Waals surface area (Å²) in [4.78, 5) is 24.1. The molecule has 0 bridgehead atoms. The van der Waals surface area contributed by atoms with E-state index < -0.39 is 5.97 Å². The van der Waals surface area contributed by atoms with Gasteiger partial charge in [-0.15, -0.1) is 0 Å². The van der Waals surface area contributed by atoms with E-state index in [1.54, 1.807) is 13.0 Å². The van der Waals surface area contributed by atoms with Crippen LogP contribution in [0.2, 0.25) is 0 Å². The second-order valence-electron chi connectivity index (χ2n) is 5.16. The fraction of sp³-hybridized carbons (Fsp3) is 0.375. The van der Waals surface area contributed by atoms with Crippen LogP contribution in [0, 0.1) is 0 Å². The molecule has 1 atom stereocenters. The van der Waals surface area contributed by atoms with Gasteiger partial charge in [0.05, 0.1) is 0 Å². The summed E-state index contributed by atoms with van der Waals surface area (Å²) in [5, 5.41) is 11.3. The molecule has 0 fully saturated rings. The van der Waals surface area contributed by atoms with Crippen molar-refractivity contribution in [2.45, 2.75) is 25.8 Å². The topological polar surface area (TPSA) is 69.6 Å². The van der Waals surface area contributed by atoms with Gasteiger partial charge in [0.1, 0.15) is 0 Å². The minimum atomic E-state index is -0.854. The lowest BCUT2D eigenvalue weighted by molar-refractivity contribution is -0.137. The van der Waals surface area contributed by atoms with Crippen molar-refractivity contribution in [3.05, 3.63) is 35.9 Å². The summed E-state index contributed by atoms with van der Waals surface area (Å²) in [6.07, 6.45) is 3.67. The minimum absolute atomic E-state index is 0.0527. The van der Waals surface area contributed by atoms with Crippen molar-refractivity contribution in [2.24, 2.45) is 0 Å². The Balaban J connectivity index is 2.48. The summed E-state index contributed by atoms with van der Waals surface area (Å²) in [5.74, 6) is -1.07. The van der Waals surface area contributed by atoms with Crippen LogP contribution in [-0.2, 0) is 9.59 Å². The number of amides is 1. The van der Waals surface area contributed by atoms with Gasteiger partial charge in [-0.05, 0) is 37.1 Å². The van der Waals surface area contributed by atoms with Crippen LogP contribution in [0.25, 0.3) is 6.08 Å². The van der Waals surface area contributed by atoms with Crippen molar-refractivity contribution >= 4 is 23.6 Å². The standard InChI is InChI=1S/C16H22N2O3/c1-12(4-11-16(20)21)17-15(19)10-7-13-5-8-14(9-6-13)18(2)3/h5-10,12H,4,11H2,1-3H3,(H,17,19)(H,20,21). The lowest BCUT2D eigenvalue weighted by Gasteiger charge is -2.12. The Morgan fingerprint density at radius 1 is 1.29 bits per heavy atom. The zero-order valence-electron chi connectivity index (χ0n) is 12.7. The number of carbonyl (C=O) groups excluding carboxylic acids is 1. The van der Waals surface area contributed by atoms with Gasteiger partial charge in [-0.1, -0.05) is 12.1 Å². The molecule has 0 heterocycles. The van der Waals surface area contributed by atoms with Gasteiger partial charge < -0.3 is 15.3 Å². The Morgan fingerprint density at radius 2 is 1.90 bits per heavy atom. The number of carboxylic acid groups (broad SMARTS) is 1. The maximum Gasteiger partial charge on any atom is 0.303 e. The highest BCUT2D eigenvalue weighted by molar-refractivity contribution is 5.91. The largest absolute Gasteiger partial charge is 0.481 e. The molecule has 5 heteroatoms. The molecule has 1 rings (SSSR count). The van der Waals surface area contributed by atoms with Crippen molar-refractivity contribution in [3.8, 4) is 0 Å². The highest BCUT2D eigenvalue weighted by Crippen LogP contribution is 2.13. The quantitative estimate of drug-likeness (QED) is 0.755. The molecule has 0 aliphatic carbocycles. The lowest BCUT2D eigenvalue weighted by atomic mass is 10.1. The van der Waals surface area contributed by atoms with E-state index in [2.05, 4.69) is 5.32 Å². The van der Waals surface area contributed by atoms with Gasteiger partial charge in [-0.3, -0.25) is 9.59 Å². The second-order valence-corrected chi connectivity index (χ2v) is 5.16. The number of anilines is 1. The molecule has 21 heavy (non-hydrogen) atoms. The highest BCUT2D eigenvalue weighted by Gasteiger charge is 2.06. The van der Waals surface area contributed by atoms with E-state index in [-0.39, 0.29) is 18.4 Å². The zero-order valence-corrected chi connectivity index (χ0v) is 12.7. The van der Waals surface area contributed by atoms with Crippen LogP contribution in [-0.4, -0.2) is 37.1 Å². The molecular formula is C16H22N2O3. The summed E-state index contributed by atoms with van der Waals surface area (Å²) in [6, 6.07) is 7.68. The Bertz CT molecular complexity index is 507. The van der Waals surface area contributed by atoms with Crippen LogP contribution >= 0.6 is 0 Å². The maximum atomic E-state index is 11.7. The summed E-state index contributed by atoms with van der Waals surface area (Å²) in [6.45, 7) is 1.79. The van der Waals surface area contributed by atoms with E-state index >= 15 is 0 Å². The number of hydrogen-bond acceptors (Lipinski definition) is 3. The third kappa shape index (κ3) is 6.61. The molecule has 1 aromatic carbocycles. The maximum absolute atomic E-state index is 11.7. The van der Waals surface area contributed by atoms with Crippen LogP contribution < -0.4 is 10.2 Å². The van der Waals surface area contributed by atoms with E-state index in [4.69, 9.17) is 5.11 Å². The molecule has 0 aromatic heterocycles. The summed E-state index contributed by atoms with van der Waals surface area (Å²) >= 11 is 0. The first-order chi connectivity index (χ1) is 9.88. The van der Waals surface area contributed by atoms with Crippen LogP contribution in [0.3, 0.4) is 0 Å². The van der Waals surface area contributed by atoms with Crippen molar-refractivity contribution in [3.63, 3.8) is 0 Å². The number of rotatable bonds is 7. The van der Waals surface area contributed by atoms with E-state index in [0.717, 1.165) is 11.3 Å². The number of carbonyl (C=O) groups is 2. The fourth-order valence-corrected chi connectivity index (χ4v) is 1.76. The Labute approximate surface area is 125 Å². The van der Waals surface area contributed by atoms with Crippen LogP contribution in [0.15, 0.2) is 30.3 Å². The molecule has 0 aliphatic heterocycles. The first-order valence-electron chi connectivity index (χ1n) is 6.86. The van der Waals surface area contributed by atoms with E-state index in [1.165, 1.54) is 6.08 Å². The first kappa shape index (κ1) is 16.8. The number of carboxylic acids is 1. The first-order valence-corrected chi connectivity index (χ1v) is 6.86. The SMILES string of the molecule is CC(CCC(=O)O)NC(=O)C=Cc1ccc(N(C)C)cc1. The molecule has 0 saturated heterocycles. The van der Waals surface area contributed by atoms with Crippen molar-refractivity contribution in [1.82, 2.24) is 5.32 Å². The number of benzene rings is 1. The zero-order chi connectivity index (χ0) is 15.8. The van der Waals surface area contributed by atoms with Gasteiger partial charge in [-0.2, -0.15) is 0 Å². The van der Waals surface area contributed by atoms with Gasteiger partial charge in [0.2, 0.25) is 5.91 Å². The van der Waals surface area contributed by atoms with Crippen molar-refractivity contribution in [1.29, 1.82) is 0 Å². The Morgan fingerprint density at radius 3 is 2.43 bits per heavy atom. The van der Waals surface area contributed by atoms with Gasteiger partial charge in [0.15, 0.2) is 0 Å². The summed E-state index contributed by atoms with van der Waals surface area (Å²) in [5.41, 5.74) is 2.04. The third-order valence-electron chi connectivity index (χ3n) is 3.02. The molecule has 1 unspecified atom stereocenters. The number of aliphatic carboxylic acids is 1. The highest BCUT2D eigenvalue weighted by atomic mass is 16.4. The van der Waals surface area contributed by atoms with Crippen LogP contribution in [0.4, 0.5) is 5.69 Å². The van der Waals surface area contributed by atoms with Gasteiger partial charge in [-0.25, -0.2) is 0 Å². The molecule has 0 aliphatic rings. The van der Waals surface area contributed by atoms with Crippen LogP contribution in [0.5, 0.6) is 0 Å². The third-order valence-corrected chi connectivity index (χ3v) is 3.02. The lowest BCUT2D eigenvalue weighted by Crippen LogP contribution is -2.31. The molecule has 0 spiro atoms. The Kier molecular flexibility index (Phi) is 6.46. The average molecular weight is 290 g/mol. The monoisotopic (exact) mass is 290 g/mol. The molecule has 5 nitrogen and oxygen atoms in total. The molecule has 114 valence electrons. The molecule has 1 aromatic rings. The molecule has 0 saturated carbocycles. The average Bonchev–Trinajstić information content (AvgIpc) is 2.43. The summed E-state index contributed by atoms with van der Waals surface area (Å²) < 4.78 is 0. The normalized spacial score (nSPS) is 12.1. The van der Waals surface area contributed by atoms with Gasteiger partial charge >= 0.3 is 5.97 Å². The molecule has 0 radical (unpaired) electrons. The number of nitrogens with zero attached hydrogens (tertiary/aromatic N) is 1. The smallest absolute Gasteiger partial charge is 0.303 e. The van der Waals surface area contributed by atoms with Gasteiger partial charge in [0.25, 0.3) is 0 Å². The number of nitrogens with one attached hydrogen (secondary N) is 1. The second kappa shape index (κ2) is 8.09. The van der Waals surface area contributed by atoms with Crippen molar-refractivity contribution in [2.75, 3.05) is 19.0 Å². The fourth-order valence-electron chi connectivity index (χ4n) is 1.76. The summed E-state index contributed by atoms with van der Waals surface area (Å²) in [7, 11) is 3.94. The predicted octanol–water partition coefficient (Wildman–Crippen LogP) is 2.14.